The Kier molecular flexibility index (Phi) is 7.15. The Labute approximate surface area is 206 Å². The van der Waals surface area contributed by atoms with Crippen molar-refractivity contribution in [3.05, 3.63) is 87.8 Å². The number of nitrogens with zero attached hydrogens (tertiary/aromatic N) is 4. The third-order valence-electron chi connectivity index (χ3n) is 5.13. The van der Waals surface area contributed by atoms with Crippen LogP contribution in [-0.2, 0) is 12.6 Å². The fourth-order valence-corrected chi connectivity index (χ4v) is 4.12. The molecule has 36 heavy (non-hydrogen) atoms. The van der Waals surface area contributed by atoms with E-state index in [4.69, 9.17) is 0 Å². The van der Waals surface area contributed by atoms with Crippen molar-refractivity contribution in [3.8, 4) is 11.3 Å². The summed E-state index contributed by atoms with van der Waals surface area (Å²) in [6.07, 6.45) is -0.545. The molecule has 1 aromatic carbocycles. The van der Waals surface area contributed by atoms with E-state index in [9.17, 15) is 27.2 Å². The van der Waals surface area contributed by atoms with Gasteiger partial charge < -0.3 is 5.32 Å². The first kappa shape index (κ1) is 25.0. The quantitative estimate of drug-likeness (QED) is 0.198. The number of rotatable bonds is 7. The summed E-state index contributed by atoms with van der Waals surface area (Å²) in [6, 6.07) is 7.95. The maximum Gasteiger partial charge on any atom is 0.416 e. The first-order valence-corrected chi connectivity index (χ1v) is 11.3. The highest BCUT2D eigenvalue weighted by Gasteiger charge is 2.32. The van der Waals surface area contributed by atoms with Crippen LogP contribution in [0.1, 0.15) is 42.7 Å². The highest BCUT2D eigenvalue weighted by atomic mass is 32.1. The molecule has 0 radical (unpaired) electrons. The number of amides is 1. The van der Waals surface area contributed by atoms with E-state index < -0.39 is 23.6 Å². The summed E-state index contributed by atoms with van der Waals surface area (Å²) in [5, 5.41) is 2.93. The molecule has 184 valence electrons. The number of ketones is 1. The molecule has 3 aromatic heterocycles. The van der Waals surface area contributed by atoms with E-state index in [1.54, 1.807) is 6.07 Å². The molecule has 4 aromatic rings. The number of nitrogens with one attached hydrogen (secondary N) is 1. The molecule has 1 N–H and O–H groups in total. The number of Topliss-reactive ketones (excluding diaryl/α,β-unsaturated/α-hetero) is 1. The van der Waals surface area contributed by atoms with Gasteiger partial charge in [0, 0.05) is 24.7 Å². The van der Waals surface area contributed by atoms with Crippen LogP contribution in [0.2, 0.25) is 0 Å². The Hall–Kier alpha value is -4.06. The van der Waals surface area contributed by atoms with Gasteiger partial charge >= 0.3 is 6.18 Å². The second-order valence-corrected chi connectivity index (χ2v) is 8.77. The zero-order chi connectivity index (χ0) is 25.9. The molecule has 0 fully saturated rings. The molecule has 12 heteroatoms. The van der Waals surface area contributed by atoms with E-state index in [0.29, 0.717) is 5.01 Å². The summed E-state index contributed by atoms with van der Waals surface area (Å²) in [4.78, 5) is 40.9. The smallest absolute Gasteiger partial charge is 0.321 e. The van der Waals surface area contributed by atoms with Crippen LogP contribution in [0.25, 0.3) is 11.3 Å². The normalized spacial score (nSPS) is 11.4. The lowest BCUT2D eigenvalue weighted by Gasteiger charge is -2.12. The van der Waals surface area contributed by atoms with Gasteiger partial charge in [0.2, 0.25) is 5.95 Å². The first-order chi connectivity index (χ1) is 17.1. The van der Waals surface area contributed by atoms with Crippen LogP contribution in [0.3, 0.4) is 0 Å². The number of benzene rings is 1. The predicted octanol–water partition coefficient (Wildman–Crippen LogP) is 5.53. The SMILES string of the molecule is Cc1ccc(NC(=O)c2cnc(CCC(=O)c3cc(-c4cccnc4F)ncn3)s2)cc1C(F)(F)F. The molecule has 4 rings (SSSR count). The van der Waals surface area contributed by atoms with Crippen molar-refractivity contribution in [1.29, 1.82) is 0 Å². The minimum Gasteiger partial charge on any atom is -0.321 e. The number of aromatic nitrogens is 4. The van der Waals surface area contributed by atoms with Crippen LogP contribution in [0.5, 0.6) is 0 Å². The summed E-state index contributed by atoms with van der Waals surface area (Å²) in [7, 11) is 0. The standard InChI is InChI=1S/C24H17F4N5O2S/c1-13-4-5-14(9-16(13)24(26,27)28)33-23(35)20-11-30-21(36-20)7-6-19(34)18-10-17(31-12-32-18)15-3-2-8-29-22(15)25/h2-5,8-12H,6-7H2,1H3,(H,33,35). The summed E-state index contributed by atoms with van der Waals surface area (Å²) < 4.78 is 53.3. The highest BCUT2D eigenvalue weighted by Crippen LogP contribution is 2.33. The van der Waals surface area contributed by atoms with Gasteiger partial charge in [0.15, 0.2) is 5.78 Å². The number of pyridine rings is 1. The molecule has 7 nitrogen and oxygen atoms in total. The summed E-state index contributed by atoms with van der Waals surface area (Å²) in [6.45, 7) is 1.34. The number of carbonyl (C=O) groups is 2. The summed E-state index contributed by atoms with van der Waals surface area (Å²) in [5.74, 6) is -1.66. The molecule has 0 saturated carbocycles. The number of alkyl halides is 3. The predicted molar refractivity (Wildman–Crippen MR) is 124 cm³/mol. The largest absolute Gasteiger partial charge is 0.416 e. The van der Waals surface area contributed by atoms with Crippen molar-refractivity contribution in [2.75, 3.05) is 5.32 Å². The molecule has 0 aliphatic rings. The number of halogens is 4. The molecular weight excluding hydrogens is 498 g/mol. The molecule has 0 atom stereocenters. The van der Waals surface area contributed by atoms with Crippen molar-refractivity contribution < 1.29 is 27.2 Å². The van der Waals surface area contributed by atoms with Crippen molar-refractivity contribution in [2.45, 2.75) is 25.9 Å². The minimum absolute atomic E-state index is 0.00710. The van der Waals surface area contributed by atoms with Gasteiger partial charge in [0.05, 0.1) is 28.0 Å². The van der Waals surface area contributed by atoms with Crippen LogP contribution in [-0.4, -0.2) is 31.6 Å². The Balaban J connectivity index is 1.39. The Morgan fingerprint density at radius 3 is 2.61 bits per heavy atom. The molecule has 0 aliphatic carbocycles. The average molecular weight is 515 g/mol. The van der Waals surface area contributed by atoms with Crippen LogP contribution >= 0.6 is 11.3 Å². The van der Waals surface area contributed by atoms with E-state index in [-0.39, 0.29) is 51.7 Å². The van der Waals surface area contributed by atoms with E-state index in [1.165, 1.54) is 43.6 Å². The molecule has 3 heterocycles. The summed E-state index contributed by atoms with van der Waals surface area (Å²) in [5.41, 5.74) is -0.322. The van der Waals surface area contributed by atoms with Gasteiger partial charge in [0.25, 0.3) is 5.91 Å². The number of anilines is 1. The lowest BCUT2D eigenvalue weighted by atomic mass is 10.1. The monoisotopic (exact) mass is 515 g/mol. The maximum atomic E-state index is 13.9. The van der Waals surface area contributed by atoms with Gasteiger partial charge in [-0.2, -0.15) is 17.6 Å². The van der Waals surface area contributed by atoms with Gasteiger partial charge in [-0.1, -0.05) is 6.07 Å². The zero-order valence-electron chi connectivity index (χ0n) is 18.6. The number of thiazole rings is 1. The molecule has 0 aliphatic heterocycles. The second-order valence-electron chi connectivity index (χ2n) is 7.65. The number of carbonyl (C=O) groups excluding carboxylic acids is 2. The third kappa shape index (κ3) is 5.77. The van der Waals surface area contributed by atoms with Crippen molar-refractivity contribution >= 4 is 28.7 Å². The second kappa shape index (κ2) is 10.3. The minimum atomic E-state index is -4.54. The van der Waals surface area contributed by atoms with Gasteiger partial charge in [-0.15, -0.1) is 11.3 Å². The Bertz CT molecular complexity index is 1440. The van der Waals surface area contributed by atoms with Crippen LogP contribution in [0, 0.1) is 12.9 Å². The van der Waals surface area contributed by atoms with E-state index in [2.05, 4.69) is 25.3 Å². The highest BCUT2D eigenvalue weighted by molar-refractivity contribution is 7.13. The van der Waals surface area contributed by atoms with E-state index in [0.717, 1.165) is 23.7 Å². The topological polar surface area (TPSA) is 97.7 Å². The van der Waals surface area contributed by atoms with Gasteiger partial charge in [-0.25, -0.2) is 19.9 Å². The van der Waals surface area contributed by atoms with E-state index in [1.807, 2.05) is 0 Å². The fourth-order valence-electron chi connectivity index (χ4n) is 3.31. The lowest BCUT2D eigenvalue weighted by Crippen LogP contribution is -2.13. The van der Waals surface area contributed by atoms with Crippen LogP contribution in [0.15, 0.2) is 55.1 Å². The maximum absolute atomic E-state index is 13.9. The first-order valence-electron chi connectivity index (χ1n) is 10.5. The average Bonchev–Trinajstić information content (AvgIpc) is 3.33. The van der Waals surface area contributed by atoms with Crippen molar-refractivity contribution in [1.82, 2.24) is 19.9 Å². The molecular formula is C24H17F4N5O2S. The molecule has 0 bridgehead atoms. The van der Waals surface area contributed by atoms with Gasteiger partial charge in [-0.05, 0) is 42.8 Å². The van der Waals surface area contributed by atoms with E-state index >= 15 is 0 Å². The number of hydrogen-bond acceptors (Lipinski definition) is 7. The van der Waals surface area contributed by atoms with Crippen molar-refractivity contribution in [3.63, 3.8) is 0 Å². The van der Waals surface area contributed by atoms with Crippen LogP contribution in [0.4, 0.5) is 23.2 Å². The lowest BCUT2D eigenvalue weighted by molar-refractivity contribution is -0.138. The van der Waals surface area contributed by atoms with Gasteiger partial charge in [-0.3, -0.25) is 9.59 Å². The third-order valence-corrected chi connectivity index (χ3v) is 6.19. The zero-order valence-corrected chi connectivity index (χ0v) is 19.5. The van der Waals surface area contributed by atoms with Gasteiger partial charge in [0.1, 0.15) is 16.9 Å². The summed E-state index contributed by atoms with van der Waals surface area (Å²) >= 11 is 1.02. The van der Waals surface area contributed by atoms with Crippen LogP contribution < -0.4 is 5.32 Å². The molecule has 0 saturated heterocycles. The Morgan fingerprint density at radius 1 is 1.06 bits per heavy atom. The number of aryl methyl sites for hydroxylation is 2. The molecule has 0 spiro atoms. The fraction of sp³-hybridized carbons (Fsp3) is 0.167. The Morgan fingerprint density at radius 2 is 1.86 bits per heavy atom. The molecule has 1 amide bonds. The van der Waals surface area contributed by atoms with Crippen molar-refractivity contribution in [2.24, 2.45) is 0 Å². The molecule has 0 unspecified atom stereocenters. The number of hydrogen-bond donors (Lipinski definition) is 1.